The number of benzene rings is 2. The smallest absolute Gasteiger partial charge is 0.185 e. The van der Waals surface area contributed by atoms with Crippen LogP contribution < -0.4 is 9.47 Å². The van der Waals surface area contributed by atoms with Crippen molar-refractivity contribution < 1.29 is 24.5 Å². The van der Waals surface area contributed by atoms with E-state index in [1.807, 2.05) is 0 Å². The molecule has 0 radical (unpaired) electrons. The van der Waals surface area contributed by atoms with Crippen molar-refractivity contribution in [2.75, 3.05) is 14.2 Å². The van der Waals surface area contributed by atoms with Gasteiger partial charge in [-0.15, -0.1) is 0 Å². The molecular formula is C22H22O5. The summed E-state index contributed by atoms with van der Waals surface area (Å²) in [4.78, 5) is 12.8. The van der Waals surface area contributed by atoms with Gasteiger partial charge in [0.25, 0.3) is 0 Å². The highest BCUT2D eigenvalue weighted by Gasteiger charge is 2.20. The molecule has 0 aromatic heterocycles. The third-order valence-electron chi connectivity index (χ3n) is 4.56. The van der Waals surface area contributed by atoms with Gasteiger partial charge in [-0.05, 0) is 66.8 Å². The second kappa shape index (κ2) is 7.99. The van der Waals surface area contributed by atoms with Gasteiger partial charge in [-0.25, -0.2) is 0 Å². The van der Waals surface area contributed by atoms with Crippen molar-refractivity contribution in [2.45, 2.75) is 19.3 Å². The highest BCUT2D eigenvalue weighted by molar-refractivity contribution is 6.14. The molecule has 0 unspecified atom stereocenters. The van der Waals surface area contributed by atoms with E-state index in [-0.39, 0.29) is 17.3 Å². The topological polar surface area (TPSA) is 76.0 Å². The summed E-state index contributed by atoms with van der Waals surface area (Å²) in [6.45, 7) is 0. The van der Waals surface area contributed by atoms with Gasteiger partial charge < -0.3 is 19.7 Å². The summed E-state index contributed by atoms with van der Waals surface area (Å²) >= 11 is 0. The zero-order chi connectivity index (χ0) is 19.4. The standard InChI is InChI=1S/C22H22O5/c1-26-20-8-6-14(12-18(20)23)10-16-4-3-5-17(22(16)25)11-15-7-9-21(27-2)19(24)13-15/h6-13,23-24H,3-5H2,1-2H3/b16-10-,17-11-. The Morgan fingerprint density at radius 3 is 1.63 bits per heavy atom. The van der Waals surface area contributed by atoms with Crippen LogP contribution in [0.25, 0.3) is 12.2 Å². The van der Waals surface area contributed by atoms with E-state index in [1.165, 1.54) is 14.2 Å². The number of rotatable bonds is 4. The van der Waals surface area contributed by atoms with E-state index in [2.05, 4.69) is 0 Å². The molecule has 3 rings (SSSR count). The molecule has 0 spiro atoms. The minimum absolute atomic E-state index is 0.00753. The number of carbonyl (C=O) groups is 1. The van der Waals surface area contributed by atoms with Crippen LogP contribution in [0.15, 0.2) is 47.5 Å². The number of phenolic OH excluding ortho intramolecular Hbond substituents is 2. The summed E-state index contributed by atoms with van der Waals surface area (Å²) in [7, 11) is 2.98. The van der Waals surface area contributed by atoms with Crippen molar-refractivity contribution in [2.24, 2.45) is 0 Å². The van der Waals surface area contributed by atoms with Crippen LogP contribution in [0, 0.1) is 0 Å². The van der Waals surface area contributed by atoms with Crippen LogP contribution in [0.1, 0.15) is 30.4 Å². The monoisotopic (exact) mass is 366 g/mol. The Morgan fingerprint density at radius 1 is 0.815 bits per heavy atom. The molecule has 1 aliphatic carbocycles. The van der Waals surface area contributed by atoms with Gasteiger partial charge in [0, 0.05) is 11.1 Å². The summed E-state index contributed by atoms with van der Waals surface area (Å²) < 4.78 is 10.1. The fourth-order valence-electron chi connectivity index (χ4n) is 3.17. The van der Waals surface area contributed by atoms with Gasteiger partial charge in [0.05, 0.1) is 14.2 Å². The zero-order valence-corrected chi connectivity index (χ0v) is 15.4. The van der Waals surface area contributed by atoms with Crippen LogP contribution in [0.3, 0.4) is 0 Å². The number of ketones is 1. The molecule has 5 nitrogen and oxygen atoms in total. The highest BCUT2D eigenvalue weighted by Crippen LogP contribution is 2.32. The average molecular weight is 366 g/mol. The normalized spacial score (nSPS) is 17.3. The number of hydrogen-bond acceptors (Lipinski definition) is 5. The molecule has 5 heteroatoms. The van der Waals surface area contributed by atoms with Gasteiger partial charge in [0.2, 0.25) is 0 Å². The molecule has 1 fully saturated rings. The van der Waals surface area contributed by atoms with Gasteiger partial charge in [-0.3, -0.25) is 4.79 Å². The number of hydrogen-bond donors (Lipinski definition) is 2. The summed E-state index contributed by atoms with van der Waals surface area (Å²) in [6.07, 6.45) is 5.86. The number of aromatic hydroxyl groups is 2. The first-order valence-electron chi connectivity index (χ1n) is 8.71. The second-order valence-electron chi connectivity index (χ2n) is 6.38. The quantitative estimate of drug-likeness (QED) is 0.788. The van der Waals surface area contributed by atoms with Gasteiger partial charge in [-0.2, -0.15) is 0 Å². The first-order chi connectivity index (χ1) is 13.0. The Kier molecular flexibility index (Phi) is 5.50. The van der Waals surface area contributed by atoms with E-state index < -0.39 is 0 Å². The van der Waals surface area contributed by atoms with Crippen molar-refractivity contribution in [1.82, 2.24) is 0 Å². The van der Waals surface area contributed by atoms with E-state index >= 15 is 0 Å². The Hall–Kier alpha value is -3.21. The molecule has 0 bridgehead atoms. The number of carbonyl (C=O) groups excluding carboxylic acids is 1. The predicted molar refractivity (Wildman–Crippen MR) is 104 cm³/mol. The summed E-state index contributed by atoms with van der Waals surface area (Å²) in [5.74, 6) is 0.866. The van der Waals surface area contributed by atoms with E-state index in [0.29, 0.717) is 35.5 Å². The SMILES string of the molecule is COc1ccc(/C=C2/CCC/C(=C/c3ccc(OC)c(O)c3)C2=O)cc1O. The lowest BCUT2D eigenvalue weighted by Crippen LogP contribution is -2.12. The van der Waals surface area contributed by atoms with Crippen LogP contribution in [-0.2, 0) is 4.79 Å². The zero-order valence-electron chi connectivity index (χ0n) is 15.4. The lowest BCUT2D eigenvalue weighted by Gasteiger charge is -2.17. The highest BCUT2D eigenvalue weighted by atomic mass is 16.5. The first kappa shape index (κ1) is 18.6. The minimum Gasteiger partial charge on any atom is -0.504 e. The average Bonchev–Trinajstić information content (AvgIpc) is 2.65. The third-order valence-corrected chi connectivity index (χ3v) is 4.56. The third kappa shape index (κ3) is 4.14. The van der Waals surface area contributed by atoms with Gasteiger partial charge in [0.15, 0.2) is 28.8 Å². The van der Waals surface area contributed by atoms with Gasteiger partial charge >= 0.3 is 0 Å². The number of phenols is 2. The summed E-state index contributed by atoms with van der Waals surface area (Å²) in [5, 5.41) is 19.8. The maximum Gasteiger partial charge on any atom is 0.185 e. The summed E-state index contributed by atoms with van der Waals surface area (Å²) in [6, 6.07) is 10.1. The van der Waals surface area contributed by atoms with Crippen molar-refractivity contribution in [3.05, 3.63) is 58.7 Å². The lowest BCUT2D eigenvalue weighted by atomic mass is 9.87. The van der Waals surface area contributed by atoms with Crippen molar-refractivity contribution in [1.29, 1.82) is 0 Å². The molecule has 140 valence electrons. The molecule has 0 amide bonds. The fraction of sp³-hybridized carbons (Fsp3) is 0.227. The van der Waals surface area contributed by atoms with Crippen molar-refractivity contribution in [3.8, 4) is 23.0 Å². The second-order valence-corrected chi connectivity index (χ2v) is 6.38. The molecule has 2 N–H and O–H groups in total. The van der Waals surface area contributed by atoms with Crippen LogP contribution in [0.4, 0.5) is 0 Å². The van der Waals surface area contributed by atoms with Crippen LogP contribution in [0.5, 0.6) is 23.0 Å². The number of Topliss-reactive ketones (excluding diaryl/α,β-unsaturated/α-hetero) is 1. The van der Waals surface area contributed by atoms with E-state index in [9.17, 15) is 15.0 Å². The molecule has 2 aromatic carbocycles. The minimum atomic E-state index is -0.00753. The molecule has 0 saturated heterocycles. The molecular weight excluding hydrogens is 344 g/mol. The van der Waals surface area contributed by atoms with Crippen molar-refractivity contribution in [3.63, 3.8) is 0 Å². The number of allylic oxidation sites excluding steroid dienone is 2. The summed E-state index contributed by atoms with van der Waals surface area (Å²) in [5.41, 5.74) is 2.91. The largest absolute Gasteiger partial charge is 0.504 e. The van der Waals surface area contributed by atoms with Gasteiger partial charge in [0.1, 0.15) is 0 Å². The van der Waals surface area contributed by atoms with Crippen LogP contribution >= 0.6 is 0 Å². The van der Waals surface area contributed by atoms with E-state index in [4.69, 9.17) is 9.47 Å². The molecule has 1 aliphatic rings. The predicted octanol–water partition coefficient (Wildman–Crippen LogP) is 4.34. The van der Waals surface area contributed by atoms with E-state index in [1.54, 1.807) is 48.6 Å². The first-order valence-corrected chi connectivity index (χ1v) is 8.71. The molecule has 2 aromatic rings. The number of ether oxygens (including phenoxy) is 2. The lowest BCUT2D eigenvalue weighted by molar-refractivity contribution is -0.112. The molecule has 0 aliphatic heterocycles. The van der Waals surface area contributed by atoms with Crippen LogP contribution in [-0.4, -0.2) is 30.2 Å². The maximum atomic E-state index is 12.8. The Balaban J connectivity index is 1.87. The number of methoxy groups -OCH3 is 2. The van der Waals surface area contributed by atoms with Crippen LogP contribution in [0.2, 0.25) is 0 Å². The fourth-order valence-corrected chi connectivity index (χ4v) is 3.17. The van der Waals surface area contributed by atoms with E-state index in [0.717, 1.165) is 17.5 Å². The van der Waals surface area contributed by atoms with Gasteiger partial charge in [-0.1, -0.05) is 12.1 Å². The molecule has 0 heterocycles. The molecule has 0 atom stereocenters. The maximum absolute atomic E-state index is 12.8. The van der Waals surface area contributed by atoms with Crippen molar-refractivity contribution >= 4 is 17.9 Å². The molecule has 1 saturated carbocycles. The Morgan fingerprint density at radius 2 is 1.26 bits per heavy atom. The Bertz CT molecular complexity index is 851. The molecule has 27 heavy (non-hydrogen) atoms. The Labute approximate surface area is 158 Å².